The largest absolute Gasteiger partial charge is 0.311 e. The highest BCUT2D eigenvalue weighted by Gasteiger charge is 2.43. The van der Waals surface area contributed by atoms with Crippen LogP contribution in [0.1, 0.15) is 87.2 Å². The zero-order valence-corrected chi connectivity index (χ0v) is 38.0. The highest BCUT2D eigenvalue weighted by atomic mass is 28.2. The van der Waals surface area contributed by atoms with Gasteiger partial charge >= 0.3 is 0 Å². The first-order chi connectivity index (χ1) is 32.2. The molecule has 0 N–H and O–H groups in total. The standard InChI is InChI=1S/C60H52BN3Si/c1-6-17-41(18-7-1)43-29-35-54-50(37-43)51-38-44(42-19-8-2-9-20-42)30-36-55(51)64(54)47-31-33-52-58(39-47)62(45-21-10-3-11-22-45)56-27-16-28-57-60(56)61(52)53-34-32-49(65-48-25-14-5-15-26-48)40-59(53)63(57)46-23-12-4-13-24-46/h3-5,10-16,21-42H,1-2,6-9,17-20H2. The Labute approximate surface area is 386 Å². The first kappa shape index (κ1) is 38.9. The Morgan fingerprint density at radius 3 is 1.45 bits per heavy atom. The molecule has 4 aliphatic rings. The average molecular weight is 854 g/mol. The third-order valence-corrected chi connectivity index (χ3v) is 16.5. The van der Waals surface area contributed by atoms with Crippen LogP contribution in [0.25, 0.3) is 27.5 Å². The van der Waals surface area contributed by atoms with E-state index in [9.17, 15) is 0 Å². The molecular formula is C60H52BN3Si. The summed E-state index contributed by atoms with van der Waals surface area (Å²) in [6.45, 7) is 0.0588. The van der Waals surface area contributed by atoms with Crippen LogP contribution in [0.3, 0.4) is 0 Å². The van der Waals surface area contributed by atoms with Crippen LogP contribution in [-0.2, 0) is 0 Å². The third-order valence-electron chi connectivity index (χ3n) is 15.3. The van der Waals surface area contributed by atoms with Crippen LogP contribution in [-0.4, -0.2) is 20.8 Å². The molecule has 3 heterocycles. The maximum Gasteiger partial charge on any atom is 0.252 e. The molecule has 0 unspecified atom stereocenters. The lowest BCUT2D eigenvalue weighted by molar-refractivity contribution is 0.444. The van der Waals surface area contributed by atoms with Gasteiger partial charge in [-0.3, -0.25) is 0 Å². The van der Waals surface area contributed by atoms with Crippen molar-refractivity contribution in [3.8, 4) is 5.69 Å². The summed E-state index contributed by atoms with van der Waals surface area (Å²) in [6, 6.07) is 69.7. The Morgan fingerprint density at radius 2 is 0.892 bits per heavy atom. The van der Waals surface area contributed by atoms with Gasteiger partial charge in [-0.15, -0.1) is 0 Å². The SMILES string of the molecule is c1ccc([Si]c2ccc3c(c2)N(c2ccccc2)c2cccc4c2B3c2ccc(-n3c5ccc(C6CCCCC6)cc5c5cc(C6CCCCC6)ccc53)cc2N4c2ccccc2)cc1. The molecule has 314 valence electrons. The van der Waals surface area contributed by atoms with Gasteiger partial charge in [0, 0.05) is 50.6 Å². The van der Waals surface area contributed by atoms with E-state index in [0.717, 1.165) is 0 Å². The molecule has 2 saturated carbocycles. The number of nitrogens with zero attached hydrogens (tertiary/aromatic N) is 3. The van der Waals surface area contributed by atoms with E-state index >= 15 is 0 Å². The molecule has 2 aliphatic carbocycles. The second-order valence-electron chi connectivity index (χ2n) is 19.1. The van der Waals surface area contributed by atoms with Crippen LogP contribution in [0.4, 0.5) is 34.1 Å². The van der Waals surface area contributed by atoms with E-state index < -0.39 is 0 Å². The molecule has 0 saturated heterocycles. The smallest absolute Gasteiger partial charge is 0.252 e. The normalized spacial score (nSPS) is 16.2. The Hall–Kier alpha value is -6.56. The van der Waals surface area contributed by atoms with Gasteiger partial charge in [0.1, 0.15) is 9.52 Å². The third kappa shape index (κ3) is 6.61. The first-order valence-corrected chi connectivity index (χ1v) is 25.3. The second kappa shape index (κ2) is 16.2. The number of benzene rings is 8. The van der Waals surface area contributed by atoms with Crippen molar-refractivity contribution in [2.45, 2.75) is 76.0 Å². The van der Waals surface area contributed by atoms with Crippen LogP contribution in [0, 0.1) is 0 Å². The molecule has 2 aliphatic heterocycles. The van der Waals surface area contributed by atoms with Crippen LogP contribution in [0.2, 0.25) is 0 Å². The Bertz CT molecular complexity index is 3140. The van der Waals surface area contributed by atoms with Gasteiger partial charge in [0.15, 0.2) is 0 Å². The van der Waals surface area contributed by atoms with Crippen molar-refractivity contribution in [3.05, 3.63) is 193 Å². The van der Waals surface area contributed by atoms with Gasteiger partial charge in [0.2, 0.25) is 0 Å². The molecule has 8 aromatic carbocycles. The lowest BCUT2D eigenvalue weighted by Crippen LogP contribution is -2.61. The summed E-state index contributed by atoms with van der Waals surface area (Å²) in [4.78, 5) is 5.07. The van der Waals surface area contributed by atoms with Crippen molar-refractivity contribution < 1.29 is 0 Å². The van der Waals surface area contributed by atoms with Crippen LogP contribution in [0.5, 0.6) is 0 Å². The summed E-state index contributed by atoms with van der Waals surface area (Å²) in [6.07, 6.45) is 13.4. The minimum Gasteiger partial charge on any atom is -0.311 e. The zero-order chi connectivity index (χ0) is 42.8. The molecule has 13 rings (SSSR count). The number of anilines is 6. The minimum atomic E-state index is 0.0588. The molecule has 0 spiro atoms. The first-order valence-electron chi connectivity index (χ1n) is 24.3. The number of rotatable bonds is 7. The van der Waals surface area contributed by atoms with Crippen molar-refractivity contribution in [3.63, 3.8) is 0 Å². The van der Waals surface area contributed by atoms with Crippen molar-refractivity contribution in [1.82, 2.24) is 4.57 Å². The predicted molar refractivity (Wildman–Crippen MR) is 278 cm³/mol. The molecule has 3 nitrogen and oxygen atoms in total. The lowest BCUT2D eigenvalue weighted by Gasteiger charge is -2.44. The van der Waals surface area contributed by atoms with E-state index in [-0.39, 0.29) is 6.71 Å². The van der Waals surface area contributed by atoms with E-state index in [1.807, 2.05) is 0 Å². The van der Waals surface area contributed by atoms with E-state index in [0.29, 0.717) is 21.4 Å². The van der Waals surface area contributed by atoms with Gasteiger partial charge < -0.3 is 14.4 Å². The monoisotopic (exact) mass is 853 g/mol. The van der Waals surface area contributed by atoms with Crippen LogP contribution >= 0.6 is 0 Å². The minimum absolute atomic E-state index is 0.0588. The maximum absolute atomic E-state index is 2.59. The molecule has 5 heteroatoms. The predicted octanol–water partition coefficient (Wildman–Crippen LogP) is 12.6. The van der Waals surface area contributed by atoms with E-state index in [4.69, 9.17) is 0 Å². The summed E-state index contributed by atoms with van der Waals surface area (Å²) in [5, 5.41) is 5.51. The molecule has 0 atom stereocenters. The van der Waals surface area contributed by atoms with Gasteiger partial charge in [-0.05, 0) is 144 Å². The van der Waals surface area contributed by atoms with Crippen LogP contribution in [0.15, 0.2) is 182 Å². The fourth-order valence-corrected chi connectivity index (χ4v) is 13.3. The fourth-order valence-electron chi connectivity index (χ4n) is 12.2. The van der Waals surface area contributed by atoms with Crippen molar-refractivity contribution in [1.29, 1.82) is 0 Å². The zero-order valence-electron chi connectivity index (χ0n) is 37.0. The van der Waals surface area contributed by atoms with Gasteiger partial charge in [-0.1, -0.05) is 152 Å². The topological polar surface area (TPSA) is 11.4 Å². The maximum atomic E-state index is 2.59. The van der Waals surface area contributed by atoms with Gasteiger partial charge in [-0.2, -0.15) is 0 Å². The summed E-state index contributed by atoms with van der Waals surface area (Å²) >= 11 is 0. The Balaban J connectivity index is 1.02. The average Bonchev–Trinajstić information content (AvgIpc) is 3.70. The molecule has 2 radical (unpaired) electrons. The Morgan fingerprint density at radius 1 is 0.385 bits per heavy atom. The molecule has 0 amide bonds. The van der Waals surface area contributed by atoms with E-state index in [1.165, 1.54) is 164 Å². The van der Waals surface area contributed by atoms with Crippen molar-refractivity contribution in [2.75, 3.05) is 9.80 Å². The van der Waals surface area contributed by atoms with Crippen LogP contribution < -0.4 is 36.6 Å². The number of hydrogen-bond acceptors (Lipinski definition) is 2. The summed E-state index contributed by atoms with van der Waals surface area (Å²) in [5.74, 6) is 1.32. The number of hydrogen-bond donors (Lipinski definition) is 0. The molecule has 1 aromatic heterocycles. The Kier molecular flexibility index (Phi) is 9.66. The molecular weight excluding hydrogens is 802 g/mol. The van der Waals surface area contributed by atoms with Gasteiger partial charge in [0.25, 0.3) is 6.71 Å². The van der Waals surface area contributed by atoms with E-state index in [1.54, 1.807) is 0 Å². The lowest BCUT2D eigenvalue weighted by atomic mass is 9.33. The summed E-state index contributed by atoms with van der Waals surface area (Å²) in [7, 11) is 0.574. The highest BCUT2D eigenvalue weighted by Crippen LogP contribution is 2.46. The molecule has 65 heavy (non-hydrogen) atoms. The number of aromatic nitrogens is 1. The van der Waals surface area contributed by atoms with Gasteiger partial charge in [0.05, 0.1) is 11.0 Å². The quantitative estimate of drug-likeness (QED) is 0.148. The number of fused-ring (bicyclic) bond motifs is 7. The van der Waals surface area contributed by atoms with Crippen molar-refractivity contribution >= 4 is 98.9 Å². The molecule has 0 bridgehead atoms. The highest BCUT2D eigenvalue weighted by molar-refractivity contribution is 7.00. The van der Waals surface area contributed by atoms with E-state index in [2.05, 4.69) is 196 Å². The number of para-hydroxylation sites is 2. The van der Waals surface area contributed by atoms with Gasteiger partial charge in [-0.25, -0.2) is 0 Å². The summed E-state index contributed by atoms with van der Waals surface area (Å²) < 4.78 is 2.58. The molecule has 9 aromatic rings. The second-order valence-corrected chi connectivity index (χ2v) is 20.5. The summed E-state index contributed by atoms with van der Waals surface area (Å²) in [5.41, 5.74) is 18.2. The van der Waals surface area contributed by atoms with Crippen molar-refractivity contribution in [2.24, 2.45) is 0 Å². The molecule has 2 fully saturated rings. The fraction of sp³-hybridized carbons (Fsp3) is 0.200.